The number of aryl methyl sites for hydroxylation is 1. The molecule has 0 radical (unpaired) electrons. The zero-order chi connectivity index (χ0) is 15.8. The number of guanidine groups is 1. The molecule has 0 unspecified atom stereocenters. The average Bonchev–Trinajstić information content (AvgIpc) is 2.96. The van der Waals surface area contributed by atoms with E-state index in [0.29, 0.717) is 5.41 Å². The molecule has 23 heavy (non-hydrogen) atoms. The second-order valence-electron chi connectivity index (χ2n) is 5.96. The van der Waals surface area contributed by atoms with E-state index in [0.717, 1.165) is 44.2 Å². The first-order chi connectivity index (χ1) is 10.7. The van der Waals surface area contributed by atoms with Gasteiger partial charge in [0.1, 0.15) is 0 Å². The van der Waals surface area contributed by atoms with Crippen LogP contribution in [0.2, 0.25) is 0 Å². The SMILES string of the molecule is CCc1nc(CNC(=NC)NCC2(CCOC)CCC2)cs1.I. The van der Waals surface area contributed by atoms with E-state index < -0.39 is 0 Å². The van der Waals surface area contributed by atoms with Crippen LogP contribution in [0.4, 0.5) is 0 Å². The van der Waals surface area contributed by atoms with Crippen molar-refractivity contribution in [2.45, 2.75) is 45.6 Å². The fourth-order valence-electron chi connectivity index (χ4n) is 2.77. The van der Waals surface area contributed by atoms with Crippen molar-refractivity contribution in [1.29, 1.82) is 0 Å². The number of rotatable bonds is 8. The summed E-state index contributed by atoms with van der Waals surface area (Å²) < 4.78 is 5.24. The van der Waals surface area contributed by atoms with Crippen LogP contribution in [-0.2, 0) is 17.7 Å². The van der Waals surface area contributed by atoms with Crippen molar-refractivity contribution in [2.75, 3.05) is 27.3 Å². The summed E-state index contributed by atoms with van der Waals surface area (Å²) >= 11 is 1.72. The Hall–Kier alpha value is -0.410. The Labute approximate surface area is 160 Å². The van der Waals surface area contributed by atoms with Crippen LogP contribution in [0.3, 0.4) is 0 Å². The standard InChI is InChI=1S/C16H28N4OS.HI/c1-4-14-20-13(11-22-14)10-18-15(17-2)19-12-16(6-5-7-16)8-9-21-3;/h11H,4-10,12H2,1-3H3,(H2,17,18,19);1H. The number of nitrogens with zero attached hydrogens (tertiary/aromatic N) is 2. The van der Waals surface area contributed by atoms with Crippen molar-refractivity contribution in [3.63, 3.8) is 0 Å². The Bertz CT molecular complexity index is 488. The van der Waals surface area contributed by atoms with Crippen LogP contribution in [0.5, 0.6) is 0 Å². The third kappa shape index (κ3) is 6.19. The molecule has 0 bridgehead atoms. The number of aliphatic imine (C=N–C) groups is 1. The number of ether oxygens (including phenoxy) is 1. The van der Waals surface area contributed by atoms with Crippen LogP contribution >= 0.6 is 35.3 Å². The molecule has 0 aromatic carbocycles. The van der Waals surface area contributed by atoms with Gasteiger partial charge in [0.05, 0.1) is 17.2 Å². The Kier molecular flexibility index (Phi) is 9.38. The smallest absolute Gasteiger partial charge is 0.191 e. The van der Waals surface area contributed by atoms with Gasteiger partial charge in [-0.3, -0.25) is 4.99 Å². The van der Waals surface area contributed by atoms with Gasteiger partial charge in [0.15, 0.2) is 5.96 Å². The molecule has 0 atom stereocenters. The van der Waals surface area contributed by atoms with E-state index in [1.165, 1.54) is 24.3 Å². The zero-order valence-electron chi connectivity index (χ0n) is 14.4. The Morgan fingerprint density at radius 3 is 2.74 bits per heavy atom. The second-order valence-corrected chi connectivity index (χ2v) is 6.90. The summed E-state index contributed by atoms with van der Waals surface area (Å²) in [5.74, 6) is 0.856. The van der Waals surface area contributed by atoms with Gasteiger partial charge in [-0.2, -0.15) is 0 Å². The predicted molar refractivity (Wildman–Crippen MR) is 108 cm³/mol. The van der Waals surface area contributed by atoms with E-state index in [9.17, 15) is 0 Å². The highest BCUT2D eigenvalue weighted by atomic mass is 127. The molecule has 1 aliphatic rings. The van der Waals surface area contributed by atoms with Crippen molar-refractivity contribution in [3.8, 4) is 0 Å². The second kappa shape index (κ2) is 10.5. The van der Waals surface area contributed by atoms with Gasteiger partial charge in [-0.15, -0.1) is 35.3 Å². The number of hydrogen-bond acceptors (Lipinski definition) is 4. The van der Waals surface area contributed by atoms with Crippen molar-refractivity contribution in [2.24, 2.45) is 10.4 Å². The zero-order valence-corrected chi connectivity index (χ0v) is 17.5. The molecular weight excluding hydrogens is 423 g/mol. The number of thiazole rings is 1. The highest BCUT2D eigenvalue weighted by Gasteiger charge is 2.36. The minimum atomic E-state index is 0. The average molecular weight is 452 g/mol. The lowest BCUT2D eigenvalue weighted by Crippen LogP contribution is -2.46. The molecule has 1 heterocycles. The molecule has 0 amide bonds. The number of nitrogens with one attached hydrogen (secondary N) is 2. The minimum absolute atomic E-state index is 0. The van der Waals surface area contributed by atoms with Gasteiger partial charge in [-0.25, -0.2) is 4.98 Å². The fraction of sp³-hybridized carbons (Fsp3) is 0.750. The highest BCUT2D eigenvalue weighted by Crippen LogP contribution is 2.43. The summed E-state index contributed by atoms with van der Waals surface area (Å²) in [5.41, 5.74) is 1.48. The summed E-state index contributed by atoms with van der Waals surface area (Å²) in [5, 5.41) is 10.1. The molecule has 1 aliphatic carbocycles. The molecule has 0 aliphatic heterocycles. The maximum absolute atomic E-state index is 5.24. The quantitative estimate of drug-likeness (QED) is 0.362. The molecule has 0 spiro atoms. The predicted octanol–water partition coefficient (Wildman–Crippen LogP) is 3.20. The third-order valence-corrected chi connectivity index (χ3v) is 5.49. The molecule has 1 saturated carbocycles. The van der Waals surface area contributed by atoms with Crippen LogP contribution in [0, 0.1) is 5.41 Å². The van der Waals surface area contributed by atoms with Crippen LogP contribution in [-0.4, -0.2) is 38.3 Å². The first kappa shape index (κ1) is 20.6. The molecule has 132 valence electrons. The van der Waals surface area contributed by atoms with Crippen LogP contribution < -0.4 is 10.6 Å². The fourth-order valence-corrected chi connectivity index (χ4v) is 3.51. The lowest BCUT2D eigenvalue weighted by Gasteiger charge is -2.42. The molecule has 2 rings (SSSR count). The highest BCUT2D eigenvalue weighted by molar-refractivity contribution is 14.0. The van der Waals surface area contributed by atoms with E-state index in [1.54, 1.807) is 18.4 Å². The lowest BCUT2D eigenvalue weighted by molar-refractivity contribution is 0.0732. The van der Waals surface area contributed by atoms with Gasteiger partial charge in [0.2, 0.25) is 0 Å². The van der Waals surface area contributed by atoms with E-state index in [4.69, 9.17) is 4.74 Å². The molecule has 1 aromatic rings. The number of hydrogen-bond donors (Lipinski definition) is 2. The first-order valence-electron chi connectivity index (χ1n) is 8.08. The topological polar surface area (TPSA) is 58.5 Å². The van der Waals surface area contributed by atoms with Gasteiger partial charge in [0.25, 0.3) is 0 Å². The Morgan fingerprint density at radius 1 is 1.43 bits per heavy atom. The normalized spacial score (nSPS) is 16.4. The Balaban J connectivity index is 0.00000264. The largest absolute Gasteiger partial charge is 0.385 e. The molecule has 1 aromatic heterocycles. The third-order valence-electron chi connectivity index (χ3n) is 4.44. The van der Waals surface area contributed by atoms with Gasteiger partial charge in [-0.05, 0) is 31.1 Å². The van der Waals surface area contributed by atoms with Gasteiger partial charge < -0.3 is 15.4 Å². The van der Waals surface area contributed by atoms with Crippen molar-refractivity contribution >= 4 is 41.3 Å². The summed E-state index contributed by atoms with van der Waals surface area (Å²) in [6.07, 6.45) is 6.02. The summed E-state index contributed by atoms with van der Waals surface area (Å²) in [4.78, 5) is 8.88. The molecule has 1 fully saturated rings. The molecule has 5 nitrogen and oxygen atoms in total. The summed E-state index contributed by atoms with van der Waals surface area (Å²) in [6, 6.07) is 0. The van der Waals surface area contributed by atoms with Crippen LogP contribution in [0.1, 0.15) is 43.3 Å². The van der Waals surface area contributed by atoms with E-state index in [1.807, 2.05) is 7.05 Å². The van der Waals surface area contributed by atoms with Crippen molar-refractivity contribution in [1.82, 2.24) is 15.6 Å². The van der Waals surface area contributed by atoms with Gasteiger partial charge in [-0.1, -0.05) is 13.3 Å². The van der Waals surface area contributed by atoms with Crippen LogP contribution in [0.15, 0.2) is 10.4 Å². The summed E-state index contributed by atoms with van der Waals surface area (Å²) in [6.45, 7) is 4.66. The number of methoxy groups -OCH3 is 1. The van der Waals surface area contributed by atoms with E-state index in [-0.39, 0.29) is 24.0 Å². The maximum Gasteiger partial charge on any atom is 0.191 e. The Morgan fingerprint density at radius 2 is 2.22 bits per heavy atom. The maximum atomic E-state index is 5.24. The molecule has 7 heteroatoms. The van der Waals surface area contributed by atoms with Crippen LogP contribution in [0.25, 0.3) is 0 Å². The van der Waals surface area contributed by atoms with Crippen molar-refractivity contribution < 1.29 is 4.74 Å². The summed E-state index contributed by atoms with van der Waals surface area (Å²) in [7, 11) is 3.59. The van der Waals surface area contributed by atoms with E-state index >= 15 is 0 Å². The molecule has 0 saturated heterocycles. The van der Waals surface area contributed by atoms with Crippen molar-refractivity contribution in [3.05, 3.63) is 16.1 Å². The monoisotopic (exact) mass is 452 g/mol. The van der Waals surface area contributed by atoms with Gasteiger partial charge in [0, 0.05) is 32.7 Å². The number of aromatic nitrogens is 1. The first-order valence-corrected chi connectivity index (χ1v) is 8.96. The van der Waals surface area contributed by atoms with Gasteiger partial charge >= 0.3 is 0 Å². The number of halogens is 1. The van der Waals surface area contributed by atoms with E-state index in [2.05, 4.69) is 32.9 Å². The molecular formula is C16H29IN4OS. The lowest BCUT2D eigenvalue weighted by atomic mass is 9.67. The molecule has 2 N–H and O–H groups in total. The minimum Gasteiger partial charge on any atom is -0.385 e.